The molecule has 0 radical (unpaired) electrons. The first-order valence-electron chi connectivity index (χ1n) is 13.9. The van der Waals surface area contributed by atoms with Gasteiger partial charge < -0.3 is 10.2 Å². The minimum atomic E-state index is 0.209. The Balaban J connectivity index is 1.92. The van der Waals surface area contributed by atoms with Crippen LogP contribution in [-0.4, -0.2) is 10.2 Å². The summed E-state index contributed by atoms with van der Waals surface area (Å²) in [5.41, 5.74) is 6.48. The summed E-state index contributed by atoms with van der Waals surface area (Å²) < 4.78 is 0. The molecule has 6 aromatic rings. The number of aryl methyl sites for hydroxylation is 4. The predicted molar refractivity (Wildman–Crippen MR) is 163 cm³/mol. The lowest BCUT2D eigenvalue weighted by Gasteiger charge is -2.23. The van der Waals surface area contributed by atoms with Crippen molar-refractivity contribution in [3.8, 4) is 22.6 Å². The molecule has 6 aromatic carbocycles. The van der Waals surface area contributed by atoms with Gasteiger partial charge in [0.15, 0.2) is 0 Å². The second-order valence-electron chi connectivity index (χ2n) is 10.2. The third-order valence-corrected chi connectivity index (χ3v) is 8.44. The number of hydrogen-bond donors (Lipinski definition) is 2. The summed E-state index contributed by atoms with van der Waals surface area (Å²) in [4.78, 5) is 0. The Hall–Kier alpha value is -4.04. The Kier molecular flexibility index (Phi) is 5.99. The smallest absolute Gasteiger partial charge is 0.124 e. The Morgan fingerprint density at radius 2 is 0.711 bits per heavy atom. The van der Waals surface area contributed by atoms with Gasteiger partial charge in [0.05, 0.1) is 0 Å². The lowest BCUT2D eigenvalue weighted by Crippen LogP contribution is -1.99. The van der Waals surface area contributed by atoms with Crippen molar-refractivity contribution in [1.29, 1.82) is 0 Å². The molecule has 0 unspecified atom stereocenters. The number of phenols is 2. The fraction of sp³-hybridized carbons (Fsp3) is 0.222. The number of aromatic hydroxyl groups is 2. The molecule has 6 rings (SSSR count). The lowest BCUT2D eigenvalue weighted by atomic mass is 9.81. The molecule has 0 fully saturated rings. The van der Waals surface area contributed by atoms with Crippen LogP contribution in [0.1, 0.15) is 49.9 Å². The molecule has 0 amide bonds. The predicted octanol–water partition coefficient (Wildman–Crippen LogP) is 9.63. The third kappa shape index (κ3) is 3.33. The quantitative estimate of drug-likeness (QED) is 0.232. The summed E-state index contributed by atoms with van der Waals surface area (Å²) in [7, 11) is 0. The molecule has 2 nitrogen and oxygen atoms in total. The van der Waals surface area contributed by atoms with Crippen LogP contribution in [0.4, 0.5) is 0 Å². The Morgan fingerprint density at radius 3 is 1.03 bits per heavy atom. The molecule has 38 heavy (non-hydrogen) atoms. The van der Waals surface area contributed by atoms with Crippen molar-refractivity contribution in [3.05, 3.63) is 95.1 Å². The van der Waals surface area contributed by atoms with Gasteiger partial charge in [0.25, 0.3) is 0 Å². The fourth-order valence-corrected chi connectivity index (χ4v) is 6.89. The van der Waals surface area contributed by atoms with Gasteiger partial charge in [-0.25, -0.2) is 0 Å². The molecule has 190 valence electrons. The maximum Gasteiger partial charge on any atom is 0.124 e. The summed E-state index contributed by atoms with van der Waals surface area (Å²) in [6, 6.07) is 25.0. The molecule has 0 saturated heterocycles. The molecule has 0 aliphatic carbocycles. The van der Waals surface area contributed by atoms with Crippen LogP contribution in [-0.2, 0) is 25.7 Å². The summed E-state index contributed by atoms with van der Waals surface area (Å²) >= 11 is 0. The molecule has 0 saturated carbocycles. The van der Waals surface area contributed by atoms with Gasteiger partial charge in [-0.05, 0) is 103 Å². The van der Waals surface area contributed by atoms with Crippen molar-refractivity contribution < 1.29 is 10.2 Å². The summed E-state index contributed by atoms with van der Waals surface area (Å²) in [5.74, 6) is 0.418. The highest BCUT2D eigenvalue weighted by Crippen LogP contribution is 2.50. The second kappa shape index (κ2) is 9.36. The van der Waals surface area contributed by atoms with Gasteiger partial charge in [-0.2, -0.15) is 0 Å². The zero-order valence-corrected chi connectivity index (χ0v) is 22.7. The minimum absolute atomic E-state index is 0.209. The summed E-state index contributed by atoms with van der Waals surface area (Å²) in [5, 5.41) is 32.6. The maximum absolute atomic E-state index is 11.6. The molecule has 0 bridgehead atoms. The fourth-order valence-electron chi connectivity index (χ4n) is 6.89. The van der Waals surface area contributed by atoms with Crippen LogP contribution < -0.4 is 0 Å². The molecule has 2 heteroatoms. The molecule has 0 aromatic heterocycles. The number of fused-ring (bicyclic) bond motifs is 4. The first kappa shape index (κ1) is 24.3. The average molecular weight is 499 g/mol. The minimum Gasteiger partial charge on any atom is -0.507 e. The Morgan fingerprint density at radius 1 is 0.395 bits per heavy atom. The van der Waals surface area contributed by atoms with Crippen molar-refractivity contribution in [2.24, 2.45) is 0 Å². The van der Waals surface area contributed by atoms with Crippen LogP contribution in [0.3, 0.4) is 0 Å². The normalized spacial score (nSPS) is 11.8. The van der Waals surface area contributed by atoms with E-state index < -0.39 is 0 Å². The van der Waals surface area contributed by atoms with Crippen LogP contribution >= 0.6 is 0 Å². The first-order chi connectivity index (χ1) is 18.5. The van der Waals surface area contributed by atoms with Crippen molar-refractivity contribution in [3.63, 3.8) is 0 Å². The van der Waals surface area contributed by atoms with E-state index in [-0.39, 0.29) is 11.5 Å². The van der Waals surface area contributed by atoms with E-state index in [1.165, 1.54) is 43.8 Å². The zero-order chi connectivity index (χ0) is 26.6. The maximum atomic E-state index is 11.6. The number of phenolic OH excluding ortho intramolecular Hbond substituents is 2. The largest absolute Gasteiger partial charge is 0.507 e. The zero-order valence-electron chi connectivity index (χ0n) is 22.7. The van der Waals surface area contributed by atoms with Crippen molar-refractivity contribution >= 4 is 43.1 Å². The number of rotatable bonds is 5. The molecule has 0 heterocycles. The topological polar surface area (TPSA) is 40.5 Å². The van der Waals surface area contributed by atoms with Crippen LogP contribution in [0, 0.1) is 0 Å². The van der Waals surface area contributed by atoms with E-state index in [4.69, 9.17) is 0 Å². The van der Waals surface area contributed by atoms with E-state index in [0.717, 1.165) is 58.4 Å². The second-order valence-corrected chi connectivity index (χ2v) is 10.2. The molecular formula is C36H34O2. The van der Waals surface area contributed by atoms with E-state index in [2.05, 4.69) is 88.4 Å². The van der Waals surface area contributed by atoms with Gasteiger partial charge in [-0.1, -0.05) is 88.4 Å². The highest BCUT2D eigenvalue weighted by molar-refractivity contribution is 6.19. The Labute approximate surface area is 224 Å². The third-order valence-electron chi connectivity index (χ3n) is 8.44. The van der Waals surface area contributed by atoms with E-state index in [1.807, 2.05) is 12.1 Å². The van der Waals surface area contributed by atoms with Crippen molar-refractivity contribution in [2.45, 2.75) is 53.4 Å². The van der Waals surface area contributed by atoms with Crippen molar-refractivity contribution in [1.82, 2.24) is 0 Å². The SMILES string of the molecule is CCc1c2ccccc2c(CC)c2c(-c3c(O)ccc4c(CC)c5ccccc5c(CC)c34)c(O)ccc12. The standard InChI is InChI=1S/C36H34O2/c1-5-21-25-13-9-11-15-27(25)23(7-3)33-29(21)17-19-31(37)35(33)36-32(38)20-18-30-22(6-2)26-14-10-12-16-28(26)24(8-4)34(30)36/h9-20,37-38H,5-8H2,1-4H3. The van der Waals surface area contributed by atoms with E-state index in [0.29, 0.717) is 0 Å². The van der Waals surface area contributed by atoms with Gasteiger partial charge in [0, 0.05) is 11.1 Å². The van der Waals surface area contributed by atoms with E-state index in [9.17, 15) is 10.2 Å². The monoisotopic (exact) mass is 498 g/mol. The van der Waals surface area contributed by atoms with Crippen LogP contribution in [0.5, 0.6) is 11.5 Å². The highest BCUT2D eigenvalue weighted by Gasteiger charge is 2.24. The van der Waals surface area contributed by atoms with Gasteiger partial charge in [-0.15, -0.1) is 0 Å². The molecular weight excluding hydrogens is 464 g/mol. The first-order valence-corrected chi connectivity index (χ1v) is 13.9. The molecule has 0 atom stereocenters. The van der Waals surface area contributed by atoms with Gasteiger partial charge in [0.1, 0.15) is 11.5 Å². The number of benzene rings is 6. The molecule has 2 N–H and O–H groups in total. The van der Waals surface area contributed by atoms with E-state index in [1.54, 1.807) is 0 Å². The van der Waals surface area contributed by atoms with Crippen molar-refractivity contribution in [2.75, 3.05) is 0 Å². The molecule has 0 aliphatic rings. The van der Waals surface area contributed by atoms with E-state index >= 15 is 0 Å². The summed E-state index contributed by atoms with van der Waals surface area (Å²) in [6.07, 6.45) is 3.43. The molecule has 0 spiro atoms. The van der Waals surface area contributed by atoms with Crippen LogP contribution in [0.15, 0.2) is 72.8 Å². The van der Waals surface area contributed by atoms with Gasteiger partial charge in [0.2, 0.25) is 0 Å². The summed E-state index contributed by atoms with van der Waals surface area (Å²) in [6.45, 7) is 8.76. The Bertz CT molecular complexity index is 1740. The lowest BCUT2D eigenvalue weighted by molar-refractivity contribution is 0.470. The average Bonchev–Trinajstić information content (AvgIpc) is 2.95. The number of hydrogen-bond acceptors (Lipinski definition) is 2. The molecule has 0 aliphatic heterocycles. The van der Waals surface area contributed by atoms with Gasteiger partial charge >= 0.3 is 0 Å². The van der Waals surface area contributed by atoms with Crippen LogP contribution in [0.2, 0.25) is 0 Å². The highest BCUT2D eigenvalue weighted by atomic mass is 16.3. The van der Waals surface area contributed by atoms with Crippen LogP contribution in [0.25, 0.3) is 54.2 Å². The van der Waals surface area contributed by atoms with Gasteiger partial charge in [-0.3, -0.25) is 0 Å².